The van der Waals surface area contributed by atoms with Crippen LogP contribution in [0, 0.1) is 0 Å². The molecule has 0 fully saturated rings. The molecule has 2 nitrogen and oxygen atoms in total. The van der Waals surface area contributed by atoms with Crippen molar-refractivity contribution in [1.29, 1.82) is 0 Å². The van der Waals surface area contributed by atoms with E-state index in [1.807, 2.05) is 0 Å². The van der Waals surface area contributed by atoms with Crippen LogP contribution in [-0.4, -0.2) is 30.7 Å². The highest BCUT2D eigenvalue weighted by Crippen LogP contribution is 2.26. The van der Waals surface area contributed by atoms with Gasteiger partial charge in [0.15, 0.2) is 0 Å². The molecular weight excluding hydrogens is 266 g/mol. The Labute approximate surface area is 127 Å². The Hall–Kier alpha value is -0.670. The van der Waals surface area contributed by atoms with E-state index in [2.05, 4.69) is 56.2 Å². The number of nitrogens with one attached hydrogen (secondary N) is 1. The van der Waals surface area contributed by atoms with E-state index in [0.29, 0.717) is 6.04 Å². The first-order valence-corrected chi connectivity index (χ1v) is 8.81. The number of benzene rings is 1. The molecule has 0 saturated carbocycles. The van der Waals surface area contributed by atoms with Gasteiger partial charge >= 0.3 is 0 Å². The largest absolute Gasteiger partial charge is 0.493 e. The molecule has 0 amide bonds. The van der Waals surface area contributed by atoms with Gasteiger partial charge in [-0.25, -0.2) is 0 Å². The van der Waals surface area contributed by atoms with Gasteiger partial charge in [-0.15, -0.1) is 0 Å². The van der Waals surface area contributed by atoms with Gasteiger partial charge in [-0.3, -0.25) is 0 Å². The van der Waals surface area contributed by atoms with E-state index in [9.17, 15) is 0 Å². The molecule has 2 atom stereocenters. The molecule has 1 N–H and O–H groups in total. The molecule has 20 heavy (non-hydrogen) atoms. The maximum absolute atomic E-state index is 5.56. The van der Waals surface area contributed by atoms with E-state index in [1.165, 1.54) is 29.7 Å². The van der Waals surface area contributed by atoms with Crippen LogP contribution in [0.5, 0.6) is 5.75 Å². The fourth-order valence-electron chi connectivity index (χ4n) is 2.45. The van der Waals surface area contributed by atoms with Crippen LogP contribution in [-0.2, 0) is 12.8 Å². The summed E-state index contributed by atoms with van der Waals surface area (Å²) in [5.41, 5.74) is 2.83. The van der Waals surface area contributed by atoms with E-state index < -0.39 is 0 Å². The van der Waals surface area contributed by atoms with Gasteiger partial charge in [0, 0.05) is 23.5 Å². The quantitative estimate of drug-likeness (QED) is 0.790. The monoisotopic (exact) mass is 293 g/mol. The first-order chi connectivity index (χ1) is 9.72. The summed E-state index contributed by atoms with van der Waals surface area (Å²) >= 11 is 2.08. The molecule has 0 aromatic heterocycles. The van der Waals surface area contributed by atoms with Crippen molar-refractivity contribution in [3.05, 3.63) is 29.3 Å². The second-order valence-electron chi connectivity index (χ2n) is 5.62. The predicted molar refractivity (Wildman–Crippen MR) is 89.0 cm³/mol. The van der Waals surface area contributed by atoms with E-state index in [1.54, 1.807) is 0 Å². The van der Waals surface area contributed by atoms with Crippen molar-refractivity contribution >= 4 is 11.8 Å². The second-order valence-corrected chi connectivity index (χ2v) is 7.09. The maximum Gasteiger partial charge on any atom is 0.122 e. The number of hydrogen-bond donors (Lipinski definition) is 1. The fraction of sp³-hybridized carbons (Fsp3) is 0.647. The van der Waals surface area contributed by atoms with Crippen LogP contribution in [0.3, 0.4) is 0 Å². The minimum atomic E-state index is 0.610. The van der Waals surface area contributed by atoms with Crippen LogP contribution in [0.15, 0.2) is 18.2 Å². The van der Waals surface area contributed by atoms with Crippen molar-refractivity contribution in [2.75, 3.05) is 19.4 Å². The molecular formula is C17H27NOS. The number of thioether (sulfide) groups is 1. The third-order valence-corrected chi connectivity index (χ3v) is 5.60. The molecule has 1 heterocycles. The highest BCUT2D eigenvalue weighted by molar-refractivity contribution is 7.99. The zero-order valence-corrected chi connectivity index (χ0v) is 13.8. The fourth-order valence-corrected chi connectivity index (χ4v) is 3.58. The van der Waals surface area contributed by atoms with Crippen molar-refractivity contribution in [3.63, 3.8) is 0 Å². The van der Waals surface area contributed by atoms with E-state index in [0.717, 1.165) is 30.4 Å². The Balaban J connectivity index is 1.80. The van der Waals surface area contributed by atoms with Gasteiger partial charge in [0.25, 0.3) is 0 Å². The summed E-state index contributed by atoms with van der Waals surface area (Å²) in [6, 6.07) is 7.30. The average Bonchev–Trinajstić information content (AvgIpc) is 2.94. The third-order valence-electron chi connectivity index (χ3n) is 4.10. The zero-order valence-electron chi connectivity index (χ0n) is 12.9. The lowest BCUT2D eigenvalue weighted by atomic mass is 10.0. The van der Waals surface area contributed by atoms with Crippen LogP contribution >= 0.6 is 11.8 Å². The SMILES string of the molecule is CCC(C)SCC(CCc1ccc2c(c1)CCO2)NC. The molecule has 2 unspecified atom stereocenters. The number of fused-ring (bicyclic) bond motifs is 1. The predicted octanol–water partition coefficient (Wildman–Crippen LogP) is 3.67. The van der Waals surface area contributed by atoms with Crippen molar-refractivity contribution in [3.8, 4) is 5.75 Å². The summed E-state index contributed by atoms with van der Waals surface area (Å²) in [7, 11) is 2.08. The summed E-state index contributed by atoms with van der Waals surface area (Å²) in [6.45, 7) is 5.43. The Kier molecular flexibility index (Phi) is 6.24. The molecule has 0 spiro atoms. The summed E-state index contributed by atoms with van der Waals surface area (Å²) in [5.74, 6) is 2.30. The molecule has 3 heteroatoms. The van der Waals surface area contributed by atoms with Gasteiger partial charge < -0.3 is 10.1 Å². The Bertz CT molecular complexity index is 421. The number of aryl methyl sites for hydroxylation is 1. The molecule has 0 aliphatic carbocycles. The smallest absolute Gasteiger partial charge is 0.122 e. The van der Waals surface area contributed by atoms with Crippen LogP contribution in [0.4, 0.5) is 0 Å². The van der Waals surface area contributed by atoms with Crippen molar-refractivity contribution in [2.24, 2.45) is 0 Å². The normalized spacial score (nSPS) is 16.6. The lowest BCUT2D eigenvalue weighted by Gasteiger charge is -2.18. The average molecular weight is 293 g/mol. The van der Waals surface area contributed by atoms with E-state index >= 15 is 0 Å². The van der Waals surface area contributed by atoms with Crippen molar-refractivity contribution < 1.29 is 4.74 Å². The van der Waals surface area contributed by atoms with Gasteiger partial charge in [-0.05, 0) is 43.5 Å². The Morgan fingerprint density at radius 2 is 2.25 bits per heavy atom. The Morgan fingerprint density at radius 3 is 3.00 bits per heavy atom. The molecule has 1 aromatic rings. The lowest BCUT2D eigenvalue weighted by Crippen LogP contribution is -2.29. The molecule has 1 aromatic carbocycles. The highest BCUT2D eigenvalue weighted by atomic mass is 32.2. The summed E-state index contributed by atoms with van der Waals surface area (Å²) in [4.78, 5) is 0. The standard InChI is InChI=1S/C17H27NOS/c1-4-13(2)20-12-16(18-3)7-5-14-6-8-17-15(11-14)9-10-19-17/h6,8,11,13,16,18H,4-5,7,9-10,12H2,1-3H3. The van der Waals surface area contributed by atoms with Gasteiger partial charge in [0.1, 0.15) is 5.75 Å². The summed E-state index contributed by atoms with van der Waals surface area (Å²) in [5, 5.41) is 4.23. The first kappa shape index (κ1) is 15.7. The topological polar surface area (TPSA) is 21.3 Å². The minimum Gasteiger partial charge on any atom is -0.493 e. The van der Waals surface area contributed by atoms with E-state index in [4.69, 9.17) is 4.74 Å². The molecule has 2 rings (SSSR count). The lowest BCUT2D eigenvalue weighted by molar-refractivity contribution is 0.357. The molecule has 0 bridgehead atoms. The molecule has 1 aliphatic rings. The van der Waals surface area contributed by atoms with Crippen molar-refractivity contribution in [1.82, 2.24) is 5.32 Å². The zero-order chi connectivity index (χ0) is 14.4. The van der Waals surface area contributed by atoms with Gasteiger partial charge in [-0.1, -0.05) is 26.0 Å². The van der Waals surface area contributed by atoms with Gasteiger partial charge in [-0.2, -0.15) is 11.8 Å². The number of ether oxygens (including phenoxy) is 1. The first-order valence-electron chi connectivity index (χ1n) is 7.76. The molecule has 112 valence electrons. The molecule has 0 saturated heterocycles. The minimum absolute atomic E-state index is 0.610. The molecule has 0 radical (unpaired) electrons. The maximum atomic E-state index is 5.56. The van der Waals surface area contributed by atoms with Gasteiger partial charge in [0.2, 0.25) is 0 Å². The summed E-state index contributed by atoms with van der Waals surface area (Å²) < 4.78 is 5.56. The molecule has 1 aliphatic heterocycles. The van der Waals surface area contributed by atoms with E-state index in [-0.39, 0.29) is 0 Å². The second kappa shape index (κ2) is 7.94. The van der Waals surface area contributed by atoms with Crippen LogP contribution in [0.25, 0.3) is 0 Å². The highest BCUT2D eigenvalue weighted by Gasteiger charge is 2.13. The van der Waals surface area contributed by atoms with Crippen LogP contribution in [0.1, 0.15) is 37.8 Å². The number of hydrogen-bond acceptors (Lipinski definition) is 3. The van der Waals surface area contributed by atoms with Gasteiger partial charge in [0.05, 0.1) is 6.61 Å². The number of rotatable bonds is 8. The van der Waals surface area contributed by atoms with Crippen molar-refractivity contribution in [2.45, 2.75) is 50.8 Å². The van der Waals surface area contributed by atoms with Crippen LogP contribution < -0.4 is 10.1 Å². The van der Waals surface area contributed by atoms with Crippen LogP contribution in [0.2, 0.25) is 0 Å². The summed E-state index contributed by atoms with van der Waals surface area (Å²) in [6.07, 6.45) is 4.69. The Morgan fingerprint density at radius 1 is 1.40 bits per heavy atom. The third kappa shape index (κ3) is 4.42.